The highest BCUT2D eigenvalue weighted by Gasteiger charge is 2.29. The molecule has 0 saturated heterocycles. The maximum absolute atomic E-state index is 12.1. The summed E-state index contributed by atoms with van der Waals surface area (Å²) >= 11 is 0.706. The van der Waals surface area contributed by atoms with Crippen molar-refractivity contribution in [2.24, 2.45) is 0 Å². The summed E-state index contributed by atoms with van der Waals surface area (Å²) in [6.45, 7) is 0. The van der Waals surface area contributed by atoms with Crippen molar-refractivity contribution in [2.45, 2.75) is 42.0 Å². The van der Waals surface area contributed by atoms with Crippen LogP contribution < -0.4 is 4.72 Å². The summed E-state index contributed by atoms with van der Waals surface area (Å²) in [5.74, 6) is -1.15. The number of aromatic carboxylic acids is 1. The molecule has 1 aliphatic rings. The van der Waals surface area contributed by atoms with Gasteiger partial charge in [0.25, 0.3) is 0 Å². The third kappa shape index (κ3) is 3.33. The van der Waals surface area contributed by atoms with Crippen LogP contribution in [0.1, 0.15) is 35.4 Å². The smallest absolute Gasteiger partial charge is 0.345 e. The van der Waals surface area contributed by atoms with Crippen LogP contribution >= 0.6 is 11.3 Å². The number of thiophene rings is 1. The van der Waals surface area contributed by atoms with Crippen LogP contribution in [0.25, 0.3) is 0 Å². The number of carbonyl (C=O) groups is 1. The molecule has 1 aromatic rings. The van der Waals surface area contributed by atoms with Crippen LogP contribution in [0.3, 0.4) is 0 Å². The molecule has 1 aliphatic carbocycles. The highest BCUT2D eigenvalue weighted by Crippen LogP contribution is 2.24. The third-order valence-corrected chi connectivity index (χ3v) is 6.15. The van der Waals surface area contributed by atoms with Crippen LogP contribution in [-0.4, -0.2) is 36.7 Å². The molecule has 3 N–H and O–H groups in total. The van der Waals surface area contributed by atoms with Gasteiger partial charge in [-0.25, -0.2) is 17.9 Å². The van der Waals surface area contributed by atoms with Gasteiger partial charge < -0.3 is 10.2 Å². The summed E-state index contributed by atoms with van der Waals surface area (Å²) in [7, 11) is -3.76. The van der Waals surface area contributed by atoms with Gasteiger partial charge in [0, 0.05) is 6.04 Å². The summed E-state index contributed by atoms with van der Waals surface area (Å²) in [5.41, 5.74) is 0. The van der Waals surface area contributed by atoms with Crippen molar-refractivity contribution < 1.29 is 23.4 Å². The molecular weight excluding hydrogens is 290 g/mol. The second-order valence-corrected chi connectivity index (χ2v) is 7.53. The molecule has 6 nitrogen and oxygen atoms in total. The SMILES string of the molecule is O=C(O)c1ccc(S(=O)(=O)N[C@H]2CCCC[C@@H]2O)s1. The van der Waals surface area contributed by atoms with Crippen molar-refractivity contribution >= 4 is 27.3 Å². The molecule has 0 spiro atoms. The number of sulfonamides is 1. The van der Waals surface area contributed by atoms with E-state index in [0.717, 1.165) is 12.8 Å². The monoisotopic (exact) mass is 305 g/mol. The van der Waals surface area contributed by atoms with E-state index in [1.54, 1.807) is 0 Å². The van der Waals surface area contributed by atoms with E-state index in [1.165, 1.54) is 12.1 Å². The number of nitrogens with one attached hydrogen (secondary N) is 1. The normalized spacial score (nSPS) is 24.3. The quantitative estimate of drug-likeness (QED) is 0.770. The number of aliphatic hydroxyl groups is 1. The van der Waals surface area contributed by atoms with Gasteiger partial charge in [-0.3, -0.25) is 0 Å². The Balaban J connectivity index is 2.15. The molecule has 0 amide bonds. The standard InChI is InChI=1S/C11H15NO5S2/c13-8-4-2-1-3-7(8)12-19(16,17)10-6-5-9(18-10)11(14)15/h5-8,12-13H,1-4H2,(H,14,15)/t7-,8-/m0/s1. The zero-order chi connectivity index (χ0) is 14.0. The second kappa shape index (κ2) is 5.58. The maximum atomic E-state index is 12.1. The molecule has 1 fully saturated rings. The summed E-state index contributed by atoms with van der Waals surface area (Å²) in [6.07, 6.45) is 2.26. The average molecular weight is 305 g/mol. The van der Waals surface area contributed by atoms with Crippen molar-refractivity contribution in [3.63, 3.8) is 0 Å². The van der Waals surface area contributed by atoms with Gasteiger partial charge >= 0.3 is 5.97 Å². The lowest BCUT2D eigenvalue weighted by Gasteiger charge is -2.27. The predicted molar refractivity (Wildman–Crippen MR) is 69.9 cm³/mol. The fraction of sp³-hybridized carbons (Fsp3) is 0.545. The van der Waals surface area contributed by atoms with Gasteiger partial charge in [0.15, 0.2) is 0 Å². The van der Waals surface area contributed by atoms with E-state index in [9.17, 15) is 18.3 Å². The Morgan fingerprint density at radius 2 is 2.00 bits per heavy atom. The first kappa shape index (κ1) is 14.4. The van der Waals surface area contributed by atoms with E-state index in [4.69, 9.17) is 5.11 Å². The highest BCUT2D eigenvalue weighted by atomic mass is 32.2. The molecule has 2 rings (SSSR count). The molecule has 0 aliphatic heterocycles. The largest absolute Gasteiger partial charge is 0.477 e. The first-order valence-electron chi connectivity index (χ1n) is 5.93. The van der Waals surface area contributed by atoms with Gasteiger partial charge in [0.05, 0.1) is 6.10 Å². The molecule has 8 heteroatoms. The number of aliphatic hydroxyl groups excluding tert-OH is 1. The Morgan fingerprint density at radius 1 is 1.32 bits per heavy atom. The number of rotatable bonds is 4. The van der Waals surface area contributed by atoms with Crippen LogP contribution in [0, 0.1) is 0 Å². The predicted octanol–water partition coefficient (Wildman–Crippen LogP) is 1.03. The molecule has 106 valence electrons. The average Bonchev–Trinajstić information content (AvgIpc) is 2.82. The molecule has 19 heavy (non-hydrogen) atoms. The number of carboxylic acid groups (broad SMARTS) is 1. The van der Waals surface area contributed by atoms with Crippen molar-refractivity contribution in [1.82, 2.24) is 4.72 Å². The minimum atomic E-state index is -3.76. The Bertz CT molecular complexity index is 565. The number of carboxylic acids is 1. The van der Waals surface area contributed by atoms with E-state index >= 15 is 0 Å². The lowest BCUT2D eigenvalue weighted by atomic mass is 9.93. The molecule has 1 saturated carbocycles. The second-order valence-electron chi connectivity index (χ2n) is 4.50. The Morgan fingerprint density at radius 3 is 2.58 bits per heavy atom. The maximum Gasteiger partial charge on any atom is 0.345 e. The highest BCUT2D eigenvalue weighted by molar-refractivity contribution is 7.91. The minimum Gasteiger partial charge on any atom is -0.477 e. The van der Waals surface area contributed by atoms with Gasteiger partial charge in [-0.15, -0.1) is 11.3 Å². The van der Waals surface area contributed by atoms with E-state index in [1.807, 2.05) is 0 Å². The van der Waals surface area contributed by atoms with Gasteiger partial charge in [-0.1, -0.05) is 12.8 Å². The van der Waals surface area contributed by atoms with E-state index in [-0.39, 0.29) is 9.09 Å². The topological polar surface area (TPSA) is 104 Å². The van der Waals surface area contributed by atoms with Gasteiger partial charge in [0.1, 0.15) is 9.09 Å². The zero-order valence-electron chi connectivity index (χ0n) is 10.1. The Labute approximate surface area is 115 Å². The van der Waals surface area contributed by atoms with Crippen molar-refractivity contribution in [3.8, 4) is 0 Å². The molecule has 1 aromatic heterocycles. The Kier molecular flexibility index (Phi) is 4.24. The third-order valence-electron chi connectivity index (χ3n) is 3.09. The van der Waals surface area contributed by atoms with Crippen molar-refractivity contribution in [2.75, 3.05) is 0 Å². The summed E-state index contributed by atoms with van der Waals surface area (Å²) < 4.78 is 26.6. The van der Waals surface area contributed by atoms with Crippen molar-refractivity contribution in [3.05, 3.63) is 17.0 Å². The summed E-state index contributed by atoms with van der Waals surface area (Å²) in [5, 5.41) is 18.5. The van der Waals surface area contributed by atoms with Gasteiger partial charge in [-0.05, 0) is 25.0 Å². The Hall–Kier alpha value is -0.960. The lowest BCUT2D eigenvalue weighted by Crippen LogP contribution is -2.44. The minimum absolute atomic E-state index is 0.0235. The molecule has 0 unspecified atom stereocenters. The molecular formula is C11H15NO5S2. The molecule has 0 radical (unpaired) electrons. The van der Waals surface area contributed by atoms with Crippen molar-refractivity contribution in [1.29, 1.82) is 0 Å². The first-order valence-corrected chi connectivity index (χ1v) is 8.23. The fourth-order valence-electron chi connectivity index (χ4n) is 2.09. The molecule has 1 heterocycles. The summed E-state index contributed by atoms with van der Waals surface area (Å²) in [6, 6.07) is 2.04. The van der Waals surface area contributed by atoms with Crippen LogP contribution in [0.4, 0.5) is 0 Å². The molecule has 0 aromatic carbocycles. The number of hydrogen-bond acceptors (Lipinski definition) is 5. The first-order chi connectivity index (χ1) is 8.90. The fourth-order valence-corrected chi connectivity index (χ4v) is 4.55. The van der Waals surface area contributed by atoms with Gasteiger partial charge in [-0.2, -0.15) is 0 Å². The molecule has 0 bridgehead atoms. The van der Waals surface area contributed by atoms with Crippen LogP contribution in [0.15, 0.2) is 16.3 Å². The van der Waals surface area contributed by atoms with Crippen LogP contribution in [0.2, 0.25) is 0 Å². The lowest BCUT2D eigenvalue weighted by molar-refractivity contribution is 0.0702. The van der Waals surface area contributed by atoms with Crippen LogP contribution in [0.5, 0.6) is 0 Å². The number of hydrogen-bond donors (Lipinski definition) is 3. The van der Waals surface area contributed by atoms with E-state index in [0.29, 0.717) is 24.2 Å². The summed E-state index contributed by atoms with van der Waals surface area (Å²) in [4.78, 5) is 10.7. The van der Waals surface area contributed by atoms with E-state index in [2.05, 4.69) is 4.72 Å². The van der Waals surface area contributed by atoms with E-state index < -0.39 is 28.1 Å². The van der Waals surface area contributed by atoms with Crippen LogP contribution in [-0.2, 0) is 10.0 Å². The molecule has 2 atom stereocenters. The van der Waals surface area contributed by atoms with Gasteiger partial charge in [0.2, 0.25) is 10.0 Å². The zero-order valence-corrected chi connectivity index (χ0v) is 11.7.